The van der Waals surface area contributed by atoms with Gasteiger partial charge in [0.2, 0.25) is 33.6 Å². The summed E-state index contributed by atoms with van der Waals surface area (Å²) in [7, 11) is -4.00. The van der Waals surface area contributed by atoms with Gasteiger partial charge in [-0.1, -0.05) is 44.2 Å². The summed E-state index contributed by atoms with van der Waals surface area (Å²) in [5.41, 5.74) is -2.36. The highest BCUT2D eigenvalue weighted by Crippen LogP contribution is 2.47. The van der Waals surface area contributed by atoms with Gasteiger partial charge in [-0.25, -0.2) is 13.2 Å². The summed E-state index contributed by atoms with van der Waals surface area (Å²) in [5, 5.41) is 7.27. The average Bonchev–Trinajstić information content (AvgIpc) is 3.97. The number of fused-ring (bicyclic) bond motifs is 3. The normalized spacial score (nSPS) is 29.8. The smallest absolute Gasteiger partial charge is 0.408 e. The van der Waals surface area contributed by atoms with Crippen LogP contribution in [0.3, 0.4) is 0 Å². The molecular formula is C41H57N5O9S. The van der Waals surface area contributed by atoms with Crippen LogP contribution in [0.4, 0.5) is 4.79 Å². The number of alkyl carbamates (subject to hydrolysis) is 1. The van der Waals surface area contributed by atoms with Crippen LogP contribution < -0.4 is 24.8 Å². The van der Waals surface area contributed by atoms with E-state index in [1.807, 2.05) is 63.3 Å². The topological polar surface area (TPSA) is 182 Å². The van der Waals surface area contributed by atoms with E-state index in [0.717, 1.165) is 11.8 Å². The van der Waals surface area contributed by atoms with E-state index in [1.54, 1.807) is 27.7 Å². The van der Waals surface area contributed by atoms with Gasteiger partial charge >= 0.3 is 6.09 Å². The number of allylic oxidation sites excluding steroid dienone is 1. The van der Waals surface area contributed by atoms with Crippen molar-refractivity contribution in [3.05, 3.63) is 42.5 Å². The van der Waals surface area contributed by atoms with Crippen molar-refractivity contribution in [2.75, 3.05) is 6.54 Å². The van der Waals surface area contributed by atoms with Gasteiger partial charge in [-0.15, -0.1) is 0 Å². The lowest BCUT2D eigenvalue weighted by Gasteiger charge is -2.33. The van der Waals surface area contributed by atoms with E-state index >= 15 is 0 Å². The first-order chi connectivity index (χ1) is 26.2. The molecule has 14 nitrogen and oxygen atoms in total. The zero-order valence-electron chi connectivity index (χ0n) is 33.7. The number of nitrogens with one attached hydrogen (secondary N) is 3. The Bertz CT molecular complexity index is 1990. The van der Waals surface area contributed by atoms with Crippen LogP contribution in [0.15, 0.2) is 42.5 Å². The Morgan fingerprint density at radius 1 is 1.09 bits per heavy atom. The second kappa shape index (κ2) is 15.5. The van der Waals surface area contributed by atoms with Crippen molar-refractivity contribution in [3.63, 3.8) is 0 Å². The van der Waals surface area contributed by atoms with E-state index in [1.165, 1.54) is 4.90 Å². The molecule has 3 fully saturated rings. The van der Waals surface area contributed by atoms with Gasteiger partial charge in [0.1, 0.15) is 29.3 Å². The highest BCUT2D eigenvalue weighted by molar-refractivity contribution is 7.91. The number of benzene rings is 1. The summed E-state index contributed by atoms with van der Waals surface area (Å²) in [6.07, 6.45) is 5.32. The monoisotopic (exact) mass is 795 g/mol. The minimum atomic E-state index is -4.00. The Balaban J connectivity index is 1.36. The van der Waals surface area contributed by atoms with Crippen molar-refractivity contribution >= 4 is 44.6 Å². The molecular weight excluding hydrogens is 739 g/mol. The van der Waals surface area contributed by atoms with Crippen LogP contribution in [0.5, 0.6) is 11.8 Å². The molecule has 6 rings (SSSR count). The number of amides is 4. The third-order valence-electron chi connectivity index (χ3n) is 11.2. The summed E-state index contributed by atoms with van der Waals surface area (Å²) < 4.78 is 45.7. The van der Waals surface area contributed by atoms with E-state index in [2.05, 4.69) is 27.3 Å². The summed E-state index contributed by atoms with van der Waals surface area (Å²) in [4.78, 5) is 62.7. The van der Waals surface area contributed by atoms with Crippen LogP contribution in [0, 0.1) is 17.8 Å². The first-order valence-electron chi connectivity index (χ1n) is 19.8. The Kier molecular flexibility index (Phi) is 11.4. The predicted octanol–water partition coefficient (Wildman–Crippen LogP) is 5.15. The van der Waals surface area contributed by atoms with Gasteiger partial charge in [-0.05, 0) is 103 Å². The molecule has 0 bridgehead atoms. The molecule has 2 aromatic rings. The predicted molar refractivity (Wildman–Crippen MR) is 210 cm³/mol. The fraction of sp³-hybridized carbons (Fsp3) is 0.634. The molecule has 2 aliphatic heterocycles. The number of hydrogen-bond acceptors (Lipinski definition) is 10. The zero-order valence-corrected chi connectivity index (χ0v) is 34.5. The summed E-state index contributed by atoms with van der Waals surface area (Å²) in [5.74, 6) is -1.96. The molecule has 0 radical (unpaired) electrons. The van der Waals surface area contributed by atoms with Crippen LogP contribution in [-0.4, -0.2) is 88.8 Å². The number of carbonyl (C=O) groups is 4. The molecule has 0 spiro atoms. The first kappa shape index (κ1) is 41.2. The van der Waals surface area contributed by atoms with Crippen molar-refractivity contribution in [2.24, 2.45) is 17.8 Å². The maximum atomic E-state index is 14.8. The van der Waals surface area contributed by atoms with Gasteiger partial charge in [0.15, 0.2) is 0 Å². The van der Waals surface area contributed by atoms with E-state index in [0.29, 0.717) is 36.9 Å². The number of rotatable bonds is 8. The van der Waals surface area contributed by atoms with Crippen LogP contribution in [0.1, 0.15) is 100 Å². The molecule has 2 saturated carbocycles. The number of aromatic nitrogens is 1. The minimum Gasteiger partial charge on any atom is -0.475 e. The van der Waals surface area contributed by atoms with Crippen molar-refractivity contribution in [1.82, 2.24) is 25.2 Å². The number of ether oxygens (including phenoxy) is 3. The highest BCUT2D eigenvalue weighted by Gasteiger charge is 2.63. The average molecular weight is 796 g/mol. The third-order valence-corrected chi connectivity index (χ3v) is 13.4. The van der Waals surface area contributed by atoms with E-state index < -0.39 is 73.8 Å². The lowest BCUT2D eigenvalue weighted by atomic mass is 9.88. The quantitative estimate of drug-likeness (QED) is 0.303. The Morgan fingerprint density at radius 3 is 2.48 bits per heavy atom. The summed E-state index contributed by atoms with van der Waals surface area (Å²) >= 11 is 0. The van der Waals surface area contributed by atoms with Crippen molar-refractivity contribution < 1.29 is 41.8 Å². The fourth-order valence-electron chi connectivity index (χ4n) is 7.72. The number of nitrogens with zero attached hydrogens (tertiary/aromatic N) is 2. The van der Waals surface area contributed by atoms with Crippen molar-refractivity contribution in [3.8, 4) is 11.8 Å². The zero-order chi connectivity index (χ0) is 40.8. The molecule has 2 aliphatic carbocycles. The van der Waals surface area contributed by atoms with E-state index in [-0.39, 0.29) is 43.2 Å². The SMILES string of the molecule is CC(C)Oc1cc2ccccc2c(O[C@@H]2C[C@H]3C(=O)N[C@]4(C(=O)NS(=O)(=O)C5(C)CC5)C[C@H]4/C=C\CC[C@@H](C)C[C@@H](C)[C@H](NC(=O)OC(C)(C)C)C(=O)N3C2)n1. The lowest BCUT2D eigenvalue weighted by molar-refractivity contribution is -0.142. The van der Waals surface area contributed by atoms with Gasteiger partial charge in [-0.2, -0.15) is 4.98 Å². The molecule has 306 valence electrons. The number of pyridine rings is 1. The van der Waals surface area contributed by atoms with Gasteiger partial charge in [0.25, 0.3) is 5.91 Å². The molecule has 7 atom stereocenters. The van der Waals surface area contributed by atoms with Crippen LogP contribution in [-0.2, 0) is 29.1 Å². The minimum absolute atomic E-state index is 0.0291. The third kappa shape index (κ3) is 9.08. The Hall–Kier alpha value is -4.40. The van der Waals surface area contributed by atoms with E-state index in [9.17, 15) is 27.6 Å². The second-order valence-electron chi connectivity index (χ2n) is 17.7. The molecule has 1 aromatic heterocycles. The molecule has 1 saturated heterocycles. The molecule has 0 unspecified atom stereocenters. The van der Waals surface area contributed by atoms with Crippen LogP contribution >= 0.6 is 0 Å². The maximum Gasteiger partial charge on any atom is 0.408 e. The Morgan fingerprint density at radius 2 is 1.80 bits per heavy atom. The first-order valence-corrected chi connectivity index (χ1v) is 21.3. The molecule has 56 heavy (non-hydrogen) atoms. The Labute approximate surface area is 329 Å². The van der Waals surface area contributed by atoms with Crippen molar-refractivity contribution in [2.45, 2.75) is 141 Å². The fourth-order valence-corrected chi connectivity index (χ4v) is 9.04. The number of carbonyl (C=O) groups excluding carboxylic acids is 4. The number of hydrogen-bond donors (Lipinski definition) is 3. The maximum absolute atomic E-state index is 14.8. The van der Waals surface area contributed by atoms with Gasteiger partial charge in [0.05, 0.1) is 17.4 Å². The number of sulfonamides is 1. The summed E-state index contributed by atoms with van der Waals surface area (Å²) in [6, 6.07) is 7.16. The summed E-state index contributed by atoms with van der Waals surface area (Å²) in [6.45, 7) is 14.5. The molecule has 4 aliphatic rings. The van der Waals surface area contributed by atoms with Crippen LogP contribution in [0.25, 0.3) is 10.8 Å². The van der Waals surface area contributed by atoms with Gasteiger partial charge < -0.3 is 29.7 Å². The van der Waals surface area contributed by atoms with Gasteiger partial charge in [0, 0.05) is 23.8 Å². The second-order valence-corrected chi connectivity index (χ2v) is 19.9. The van der Waals surface area contributed by atoms with E-state index in [4.69, 9.17) is 14.2 Å². The van der Waals surface area contributed by atoms with Gasteiger partial charge in [-0.3, -0.25) is 19.1 Å². The standard InChI is InChI=1S/C41H57N5O9S/c1-24(2)53-32-20-27-14-10-12-16-30(27)35(42-32)54-29-21-31-34(47)44-41(37(49)45-56(51,52)40(8)17-18-40)22-28(41)15-11-9-13-25(3)19-26(4)33(36(48)46(31)23-29)43-38(50)55-39(5,6)7/h10-12,14-16,20,24-26,28-29,31,33H,9,13,17-19,21-23H2,1-8H3,(H,43,50)(H,44,47)(H,45,49)/b15-11-/t25-,26-,28-,29-,31+,33+,41-/m1/s1. The van der Waals surface area contributed by atoms with Crippen LogP contribution in [0.2, 0.25) is 0 Å². The molecule has 1 aromatic carbocycles. The van der Waals surface area contributed by atoms with Crippen molar-refractivity contribution in [1.29, 1.82) is 0 Å². The molecule has 3 heterocycles. The lowest BCUT2D eigenvalue weighted by Crippen LogP contribution is -2.59. The highest BCUT2D eigenvalue weighted by atomic mass is 32.2. The molecule has 3 N–H and O–H groups in total. The largest absolute Gasteiger partial charge is 0.475 e. The molecule has 15 heteroatoms. The molecule has 4 amide bonds.